The van der Waals surface area contributed by atoms with Crippen LogP contribution in [-0.2, 0) is 5.41 Å². The summed E-state index contributed by atoms with van der Waals surface area (Å²) in [5.74, 6) is 0.748. The number of aryl methyl sites for hydroxylation is 1. The lowest BCUT2D eigenvalue weighted by molar-refractivity contribution is 0.149. The SMILES string of the molecule is COc1c(C(O)C(C)N)cc(C)cc1C(C)(C)C. The van der Waals surface area contributed by atoms with E-state index in [0.717, 1.165) is 22.4 Å². The van der Waals surface area contributed by atoms with Crippen LogP contribution in [0, 0.1) is 6.92 Å². The monoisotopic (exact) mass is 251 g/mol. The number of aliphatic hydroxyl groups excluding tert-OH is 1. The van der Waals surface area contributed by atoms with E-state index in [9.17, 15) is 5.11 Å². The van der Waals surface area contributed by atoms with Gasteiger partial charge in [0.25, 0.3) is 0 Å². The Morgan fingerprint density at radius 3 is 2.22 bits per heavy atom. The van der Waals surface area contributed by atoms with Crippen LogP contribution in [0.1, 0.15) is 50.5 Å². The molecule has 0 fully saturated rings. The van der Waals surface area contributed by atoms with Crippen LogP contribution in [0.25, 0.3) is 0 Å². The summed E-state index contributed by atoms with van der Waals surface area (Å²) in [5, 5.41) is 10.2. The molecule has 0 aromatic heterocycles. The predicted octanol–water partition coefficient (Wildman–Crippen LogP) is 2.68. The van der Waals surface area contributed by atoms with Crippen molar-refractivity contribution in [3.8, 4) is 5.75 Å². The highest BCUT2D eigenvalue weighted by Gasteiger charge is 2.25. The molecule has 3 nitrogen and oxygen atoms in total. The Morgan fingerprint density at radius 1 is 1.28 bits per heavy atom. The Labute approximate surface area is 110 Å². The van der Waals surface area contributed by atoms with Gasteiger partial charge in [0.15, 0.2) is 0 Å². The van der Waals surface area contributed by atoms with E-state index in [1.807, 2.05) is 13.0 Å². The smallest absolute Gasteiger partial charge is 0.128 e. The molecule has 0 aliphatic carbocycles. The molecule has 1 aromatic rings. The van der Waals surface area contributed by atoms with Gasteiger partial charge < -0.3 is 15.6 Å². The van der Waals surface area contributed by atoms with E-state index >= 15 is 0 Å². The van der Waals surface area contributed by atoms with Crippen molar-refractivity contribution in [2.75, 3.05) is 7.11 Å². The first kappa shape index (κ1) is 15.0. The van der Waals surface area contributed by atoms with Crippen molar-refractivity contribution in [3.63, 3.8) is 0 Å². The highest BCUT2D eigenvalue weighted by molar-refractivity contribution is 5.49. The Morgan fingerprint density at radius 2 is 1.83 bits per heavy atom. The molecular formula is C15H25NO2. The van der Waals surface area contributed by atoms with Gasteiger partial charge in [-0.1, -0.05) is 32.4 Å². The minimum atomic E-state index is -0.707. The molecule has 0 heterocycles. The number of hydrogen-bond donors (Lipinski definition) is 2. The zero-order valence-corrected chi connectivity index (χ0v) is 12.2. The third-order valence-electron chi connectivity index (χ3n) is 3.09. The summed E-state index contributed by atoms with van der Waals surface area (Å²) in [6.45, 7) is 10.2. The minimum Gasteiger partial charge on any atom is -0.496 e. The Kier molecular flexibility index (Phi) is 4.41. The van der Waals surface area contributed by atoms with Crippen molar-refractivity contribution in [1.82, 2.24) is 0 Å². The third-order valence-corrected chi connectivity index (χ3v) is 3.09. The minimum absolute atomic E-state index is 0.0380. The third kappa shape index (κ3) is 3.03. The average Bonchev–Trinajstić information content (AvgIpc) is 2.25. The predicted molar refractivity (Wildman–Crippen MR) is 75.0 cm³/mol. The van der Waals surface area contributed by atoms with E-state index in [1.165, 1.54) is 0 Å². The second-order valence-corrected chi connectivity index (χ2v) is 5.99. The van der Waals surface area contributed by atoms with Crippen LogP contribution in [0.5, 0.6) is 5.75 Å². The number of benzene rings is 1. The lowest BCUT2D eigenvalue weighted by atomic mass is 9.83. The first-order valence-electron chi connectivity index (χ1n) is 6.31. The Balaban J connectivity index is 3.48. The largest absolute Gasteiger partial charge is 0.496 e. The normalized spacial score (nSPS) is 15.3. The molecule has 0 amide bonds. The van der Waals surface area contributed by atoms with Crippen LogP contribution in [-0.4, -0.2) is 18.3 Å². The first-order valence-corrected chi connectivity index (χ1v) is 6.31. The van der Waals surface area contributed by atoms with Crippen LogP contribution in [0.3, 0.4) is 0 Å². The van der Waals surface area contributed by atoms with Gasteiger partial charge in [-0.05, 0) is 25.3 Å². The molecule has 0 saturated carbocycles. The van der Waals surface area contributed by atoms with Crippen molar-refractivity contribution >= 4 is 0 Å². The van der Waals surface area contributed by atoms with Crippen LogP contribution in [0.4, 0.5) is 0 Å². The number of ether oxygens (including phenoxy) is 1. The van der Waals surface area contributed by atoms with Gasteiger partial charge in [-0.25, -0.2) is 0 Å². The van der Waals surface area contributed by atoms with E-state index in [4.69, 9.17) is 10.5 Å². The highest BCUT2D eigenvalue weighted by atomic mass is 16.5. The Bertz CT molecular complexity index is 419. The van der Waals surface area contributed by atoms with Gasteiger partial charge in [-0.15, -0.1) is 0 Å². The van der Waals surface area contributed by atoms with Gasteiger partial charge in [0, 0.05) is 17.2 Å². The second-order valence-electron chi connectivity index (χ2n) is 5.99. The molecule has 0 saturated heterocycles. The summed E-state index contributed by atoms with van der Waals surface area (Å²) in [7, 11) is 1.64. The molecule has 1 rings (SSSR count). The lowest BCUT2D eigenvalue weighted by Gasteiger charge is -2.27. The number of hydrogen-bond acceptors (Lipinski definition) is 3. The van der Waals surface area contributed by atoms with Crippen molar-refractivity contribution < 1.29 is 9.84 Å². The number of aliphatic hydroxyl groups is 1. The molecule has 0 aliphatic rings. The van der Waals surface area contributed by atoms with Gasteiger partial charge in [-0.2, -0.15) is 0 Å². The molecule has 18 heavy (non-hydrogen) atoms. The van der Waals surface area contributed by atoms with Crippen LogP contribution < -0.4 is 10.5 Å². The molecule has 102 valence electrons. The zero-order chi connectivity index (χ0) is 14.1. The number of methoxy groups -OCH3 is 1. The maximum Gasteiger partial charge on any atom is 0.128 e. The van der Waals surface area contributed by atoms with E-state index in [0.29, 0.717) is 0 Å². The molecule has 2 unspecified atom stereocenters. The summed E-state index contributed by atoms with van der Waals surface area (Å²) in [6, 6.07) is 3.73. The molecule has 3 N–H and O–H groups in total. The summed E-state index contributed by atoms with van der Waals surface area (Å²) in [5.41, 5.74) is 8.74. The van der Waals surface area contributed by atoms with Crippen molar-refractivity contribution in [2.24, 2.45) is 5.73 Å². The fourth-order valence-electron chi connectivity index (χ4n) is 2.09. The van der Waals surface area contributed by atoms with E-state index in [1.54, 1.807) is 14.0 Å². The fraction of sp³-hybridized carbons (Fsp3) is 0.600. The number of nitrogens with two attached hydrogens (primary N) is 1. The van der Waals surface area contributed by atoms with Crippen LogP contribution in [0.15, 0.2) is 12.1 Å². The highest BCUT2D eigenvalue weighted by Crippen LogP contribution is 2.38. The molecule has 0 bridgehead atoms. The van der Waals surface area contributed by atoms with E-state index in [2.05, 4.69) is 26.8 Å². The van der Waals surface area contributed by atoms with Crippen LogP contribution in [0.2, 0.25) is 0 Å². The number of rotatable bonds is 3. The van der Waals surface area contributed by atoms with E-state index < -0.39 is 6.10 Å². The van der Waals surface area contributed by atoms with Gasteiger partial charge in [0.1, 0.15) is 5.75 Å². The molecule has 0 spiro atoms. The zero-order valence-electron chi connectivity index (χ0n) is 12.2. The van der Waals surface area contributed by atoms with E-state index in [-0.39, 0.29) is 11.5 Å². The maximum absolute atomic E-state index is 10.2. The molecule has 1 aromatic carbocycles. The molecule has 0 radical (unpaired) electrons. The van der Waals surface area contributed by atoms with Gasteiger partial charge >= 0.3 is 0 Å². The summed E-state index contributed by atoms with van der Waals surface area (Å²) >= 11 is 0. The first-order chi connectivity index (χ1) is 8.18. The fourth-order valence-corrected chi connectivity index (χ4v) is 2.09. The molecule has 0 aliphatic heterocycles. The molecule has 3 heteroatoms. The summed E-state index contributed by atoms with van der Waals surface area (Å²) in [4.78, 5) is 0. The quantitative estimate of drug-likeness (QED) is 0.868. The Hall–Kier alpha value is -1.06. The lowest BCUT2D eigenvalue weighted by Crippen LogP contribution is -2.26. The molecule has 2 atom stereocenters. The average molecular weight is 251 g/mol. The summed E-state index contributed by atoms with van der Waals surface area (Å²) in [6.07, 6.45) is -0.707. The van der Waals surface area contributed by atoms with Gasteiger partial charge in [-0.3, -0.25) is 0 Å². The molecular weight excluding hydrogens is 226 g/mol. The topological polar surface area (TPSA) is 55.5 Å². The van der Waals surface area contributed by atoms with Crippen molar-refractivity contribution in [2.45, 2.75) is 52.2 Å². The van der Waals surface area contributed by atoms with Gasteiger partial charge in [0.05, 0.1) is 13.2 Å². The van der Waals surface area contributed by atoms with Crippen LogP contribution >= 0.6 is 0 Å². The van der Waals surface area contributed by atoms with Gasteiger partial charge in [0.2, 0.25) is 0 Å². The van der Waals surface area contributed by atoms with Crippen molar-refractivity contribution in [3.05, 3.63) is 28.8 Å². The standard InChI is InChI=1S/C15H25NO2/c1-9-7-11(13(17)10(2)16)14(18-6)12(8-9)15(3,4)5/h7-8,10,13,17H,16H2,1-6H3. The summed E-state index contributed by atoms with van der Waals surface area (Å²) < 4.78 is 5.51. The van der Waals surface area contributed by atoms with Crippen molar-refractivity contribution in [1.29, 1.82) is 0 Å². The maximum atomic E-state index is 10.2. The second kappa shape index (κ2) is 5.29.